The summed E-state index contributed by atoms with van der Waals surface area (Å²) >= 11 is 0. The van der Waals surface area contributed by atoms with Crippen LogP contribution in [0.5, 0.6) is 5.75 Å². The van der Waals surface area contributed by atoms with E-state index in [1.165, 1.54) is 0 Å². The molecule has 0 saturated carbocycles. The Morgan fingerprint density at radius 2 is 2.06 bits per heavy atom. The summed E-state index contributed by atoms with van der Waals surface area (Å²) in [6, 6.07) is 9.10. The van der Waals surface area contributed by atoms with Crippen LogP contribution in [0.15, 0.2) is 24.3 Å². The van der Waals surface area contributed by atoms with Crippen molar-refractivity contribution in [2.75, 3.05) is 20.2 Å². The molecule has 0 radical (unpaired) electrons. The molecule has 0 spiro atoms. The number of hydrogen-bond donors (Lipinski definition) is 0. The monoisotopic (exact) mass is 246 g/mol. The van der Waals surface area contributed by atoms with E-state index in [-0.39, 0.29) is 5.91 Å². The number of amides is 1. The van der Waals surface area contributed by atoms with Gasteiger partial charge in [-0.15, -0.1) is 0 Å². The molecule has 1 aromatic carbocycles. The highest BCUT2D eigenvalue weighted by Crippen LogP contribution is 2.13. The van der Waals surface area contributed by atoms with Crippen molar-refractivity contribution >= 4 is 5.91 Å². The van der Waals surface area contributed by atoms with Crippen molar-refractivity contribution in [3.63, 3.8) is 0 Å². The molecular weight excluding hydrogens is 228 g/mol. The molecule has 18 heavy (non-hydrogen) atoms. The summed E-state index contributed by atoms with van der Waals surface area (Å²) in [6.45, 7) is 3.17. The fourth-order valence-corrected chi connectivity index (χ4v) is 1.45. The molecule has 1 aromatic rings. The van der Waals surface area contributed by atoms with Crippen LogP contribution in [-0.2, 0) is 0 Å². The Bertz CT molecular complexity index is 420. The van der Waals surface area contributed by atoms with E-state index in [1.807, 2.05) is 13.0 Å². The molecule has 0 heterocycles. The summed E-state index contributed by atoms with van der Waals surface area (Å²) in [5, 5.41) is 8.48. The molecule has 0 fully saturated rings. The normalized spacial score (nSPS) is 9.61. The van der Waals surface area contributed by atoms with Gasteiger partial charge in [-0.05, 0) is 30.7 Å². The molecule has 1 rings (SSSR count). The molecule has 0 saturated heterocycles. The molecule has 0 aliphatic rings. The summed E-state index contributed by atoms with van der Waals surface area (Å²) in [7, 11) is 1.70. The van der Waals surface area contributed by atoms with Gasteiger partial charge in [0.2, 0.25) is 0 Å². The van der Waals surface area contributed by atoms with Crippen molar-refractivity contribution in [1.29, 1.82) is 5.26 Å². The van der Waals surface area contributed by atoms with Crippen molar-refractivity contribution in [2.24, 2.45) is 0 Å². The van der Waals surface area contributed by atoms with E-state index < -0.39 is 0 Å². The highest BCUT2D eigenvalue weighted by atomic mass is 16.5. The Morgan fingerprint density at radius 3 is 2.61 bits per heavy atom. The van der Waals surface area contributed by atoms with Gasteiger partial charge in [0.1, 0.15) is 5.75 Å². The Morgan fingerprint density at radius 1 is 1.39 bits per heavy atom. The van der Waals surface area contributed by atoms with Crippen LogP contribution in [-0.4, -0.2) is 31.0 Å². The summed E-state index contributed by atoms with van der Waals surface area (Å²) in [5.74, 6) is 0.695. The van der Waals surface area contributed by atoms with E-state index in [1.54, 1.807) is 36.2 Å². The molecule has 0 aromatic heterocycles. The lowest BCUT2D eigenvalue weighted by atomic mass is 10.2. The van der Waals surface area contributed by atoms with Crippen molar-refractivity contribution in [1.82, 2.24) is 4.90 Å². The molecule has 0 unspecified atom stereocenters. The van der Waals surface area contributed by atoms with Crippen LogP contribution in [0.2, 0.25) is 0 Å². The fourth-order valence-electron chi connectivity index (χ4n) is 1.45. The number of hydrogen-bond acceptors (Lipinski definition) is 3. The molecule has 0 aliphatic heterocycles. The van der Waals surface area contributed by atoms with Crippen molar-refractivity contribution in [2.45, 2.75) is 19.8 Å². The second-order valence-electron chi connectivity index (χ2n) is 4.01. The van der Waals surface area contributed by atoms with Crippen LogP contribution in [0.4, 0.5) is 0 Å². The molecular formula is C14H18N2O2. The largest absolute Gasteiger partial charge is 0.494 e. The molecule has 4 heteroatoms. The number of nitriles is 1. The topological polar surface area (TPSA) is 53.3 Å². The molecule has 4 nitrogen and oxygen atoms in total. The van der Waals surface area contributed by atoms with Gasteiger partial charge in [0, 0.05) is 19.2 Å². The van der Waals surface area contributed by atoms with Crippen molar-refractivity contribution in [3.05, 3.63) is 29.8 Å². The zero-order valence-corrected chi connectivity index (χ0v) is 10.8. The predicted molar refractivity (Wildman–Crippen MR) is 69.4 cm³/mol. The third-order valence-corrected chi connectivity index (χ3v) is 2.48. The first-order valence-corrected chi connectivity index (χ1v) is 6.04. The van der Waals surface area contributed by atoms with E-state index in [2.05, 4.69) is 0 Å². The number of ether oxygens (including phenoxy) is 1. The number of carbonyl (C=O) groups excluding carboxylic acids is 1. The minimum atomic E-state index is -0.0766. The van der Waals surface area contributed by atoms with Gasteiger partial charge in [-0.1, -0.05) is 6.92 Å². The number of nitrogens with zero attached hydrogens (tertiary/aromatic N) is 2. The average Bonchev–Trinajstić information content (AvgIpc) is 2.42. The summed E-state index contributed by atoms with van der Waals surface area (Å²) < 4.78 is 5.45. The van der Waals surface area contributed by atoms with Gasteiger partial charge in [0.25, 0.3) is 5.91 Å². The summed E-state index contributed by atoms with van der Waals surface area (Å²) in [6.07, 6.45) is 1.30. The van der Waals surface area contributed by atoms with Crippen molar-refractivity contribution < 1.29 is 9.53 Å². The van der Waals surface area contributed by atoms with Gasteiger partial charge in [-0.3, -0.25) is 4.79 Å². The standard InChI is InChI=1S/C14H18N2O2/c1-3-11-18-13-7-5-12(6-8-13)14(17)16(2)10-4-9-15/h5-8H,3-4,10-11H2,1-2H3. The lowest BCUT2D eigenvalue weighted by Crippen LogP contribution is -2.27. The van der Waals surface area contributed by atoms with Crippen LogP contribution in [0, 0.1) is 11.3 Å². The van der Waals surface area contributed by atoms with Gasteiger partial charge in [-0.2, -0.15) is 5.26 Å². The first kappa shape index (κ1) is 14.0. The Balaban J connectivity index is 2.61. The number of rotatable bonds is 6. The fraction of sp³-hybridized carbons (Fsp3) is 0.429. The first-order valence-electron chi connectivity index (χ1n) is 6.04. The second-order valence-corrected chi connectivity index (χ2v) is 4.01. The molecule has 1 amide bonds. The predicted octanol–water partition coefficient (Wildman–Crippen LogP) is 2.46. The summed E-state index contributed by atoms with van der Waals surface area (Å²) in [4.78, 5) is 13.5. The Hall–Kier alpha value is -2.02. The van der Waals surface area contributed by atoms with Gasteiger partial charge >= 0.3 is 0 Å². The quantitative estimate of drug-likeness (QED) is 0.774. The second kappa shape index (κ2) is 7.33. The zero-order chi connectivity index (χ0) is 13.4. The van der Waals surface area contributed by atoms with Gasteiger partial charge in [0.15, 0.2) is 0 Å². The smallest absolute Gasteiger partial charge is 0.253 e. The maximum Gasteiger partial charge on any atom is 0.253 e. The molecule has 0 atom stereocenters. The van der Waals surface area contributed by atoms with E-state index in [4.69, 9.17) is 10.00 Å². The number of benzene rings is 1. The minimum Gasteiger partial charge on any atom is -0.494 e. The lowest BCUT2D eigenvalue weighted by Gasteiger charge is -2.15. The third kappa shape index (κ3) is 4.10. The van der Waals surface area contributed by atoms with Crippen LogP contribution in [0.25, 0.3) is 0 Å². The van der Waals surface area contributed by atoms with E-state index >= 15 is 0 Å². The molecule has 96 valence electrons. The van der Waals surface area contributed by atoms with Crippen LogP contribution in [0.1, 0.15) is 30.1 Å². The number of carbonyl (C=O) groups is 1. The zero-order valence-electron chi connectivity index (χ0n) is 10.8. The lowest BCUT2D eigenvalue weighted by molar-refractivity contribution is 0.0798. The molecule has 0 bridgehead atoms. The van der Waals surface area contributed by atoms with E-state index in [0.717, 1.165) is 12.2 Å². The third-order valence-electron chi connectivity index (χ3n) is 2.48. The molecule has 0 N–H and O–H groups in total. The maximum atomic E-state index is 12.0. The highest BCUT2D eigenvalue weighted by molar-refractivity contribution is 5.94. The van der Waals surface area contributed by atoms with E-state index in [9.17, 15) is 4.79 Å². The Kier molecular flexibility index (Phi) is 5.72. The van der Waals surface area contributed by atoms with Gasteiger partial charge in [-0.25, -0.2) is 0 Å². The van der Waals surface area contributed by atoms with Gasteiger partial charge in [0.05, 0.1) is 19.1 Å². The van der Waals surface area contributed by atoms with Crippen molar-refractivity contribution in [3.8, 4) is 11.8 Å². The van der Waals surface area contributed by atoms with Crippen LogP contribution < -0.4 is 4.74 Å². The first-order chi connectivity index (χ1) is 8.69. The molecule has 0 aliphatic carbocycles. The maximum absolute atomic E-state index is 12.0. The minimum absolute atomic E-state index is 0.0766. The van der Waals surface area contributed by atoms with Crippen LogP contribution >= 0.6 is 0 Å². The average molecular weight is 246 g/mol. The van der Waals surface area contributed by atoms with E-state index in [0.29, 0.717) is 25.1 Å². The Labute approximate surface area is 108 Å². The van der Waals surface area contributed by atoms with Crippen LogP contribution in [0.3, 0.4) is 0 Å². The SMILES string of the molecule is CCCOc1ccc(C(=O)N(C)CCC#N)cc1. The highest BCUT2D eigenvalue weighted by Gasteiger charge is 2.10. The van der Waals surface area contributed by atoms with Gasteiger partial charge < -0.3 is 9.64 Å². The summed E-state index contributed by atoms with van der Waals surface area (Å²) in [5.41, 5.74) is 0.610.